The first kappa shape index (κ1) is 19.7. The predicted molar refractivity (Wildman–Crippen MR) is 92.2 cm³/mol. The zero-order chi connectivity index (χ0) is 15.1. The number of carbonyl (C=O) groups is 1. The summed E-state index contributed by atoms with van der Waals surface area (Å²) in [4.78, 5) is 12.5. The molecule has 2 aliphatic carbocycles. The van der Waals surface area contributed by atoms with Crippen molar-refractivity contribution in [1.29, 1.82) is 0 Å². The number of nitrogens with two attached hydrogens (primary N) is 1. The third-order valence-corrected chi connectivity index (χ3v) is 5.12. The molecule has 0 aromatic rings. The minimum atomic E-state index is -0.300. The van der Waals surface area contributed by atoms with Crippen LogP contribution in [-0.4, -0.2) is 30.7 Å². The largest absolute Gasteiger partial charge is 0.365 e. The number of hydrogen-bond donors (Lipinski definition) is 2. The monoisotopic (exact) mass is 332 g/mol. The zero-order valence-corrected chi connectivity index (χ0v) is 14.7. The van der Waals surface area contributed by atoms with Crippen molar-refractivity contribution in [2.45, 2.75) is 89.4 Å². The highest BCUT2D eigenvalue weighted by molar-refractivity contribution is 5.85. The zero-order valence-electron chi connectivity index (χ0n) is 13.9. The van der Waals surface area contributed by atoms with Gasteiger partial charge in [0, 0.05) is 12.6 Å². The molecule has 0 saturated heterocycles. The summed E-state index contributed by atoms with van der Waals surface area (Å²) in [5, 5.41) is 3.17. The van der Waals surface area contributed by atoms with Gasteiger partial charge in [-0.25, -0.2) is 0 Å². The topological polar surface area (TPSA) is 64.3 Å². The smallest absolute Gasteiger partial charge is 0.249 e. The van der Waals surface area contributed by atoms with Gasteiger partial charge in [-0.1, -0.05) is 39.0 Å². The Bertz CT molecular complexity index is 316. The molecular weight excluding hydrogens is 300 g/mol. The van der Waals surface area contributed by atoms with Crippen LogP contribution in [0.15, 0.2) is 0 Å². The van der Waals surface area contributed by atoms with Crippen LogP contribution in [0.3, 0.4) is 0 Å². The summed E-state index contributed by atoms with van der Waals surface area (Å²) in [5.74, 6) is 0.599. The Labute approximate surface area is 141 Å². The normalized spacial score (nSPS) is 22.8. The average molecular weight is 333 g/mol. The molecule has 130 valence electrons. The molecule has 0 aromatic heterocycles. The standard InChI is InChI=1S/C17H32N2O2.ClH/c1-2-16(21-14-10-6-7-11-14)17(20)19-15(12-18)13-8-4-3-5-9-13;/h13-16H,2-12,18H2,1H3,(H,19,20);1H. The second-order valence-electron chi connectivity index (χ2n) is 6.69. The van der Waals surface area contributed by atoms with Crippen molar-refractivity contribution in [2.24, 2.45) is 11.7 Å². The van der Waals surface area contributed by atoms with E-state index in [9.17, 15) is 4.79 Å². The molecule has 2 aliphatic rings. The Morgan fingerprint density at radius 3 is 2.27 bits per heavy atom. The van der Waals surface area contributed by atoms with E-state index in [0.717, 1.165) is 19.3 Å². The summed E-state index contributed by atoms with van der Waals surface area (Å²) in [6.45, 7) is 2.56. The quantitative estimate of drug-likeness (QED) is 0.752. The van der Waals surface area contributed by atoms with E-state index in [1.807, 2.05) is 6.92 Å². The third-order valence-electron chi connectivity index (χ3n) is 5.12. The van der Waals surface area contributed by atoms with Gasteiger partial charge in [-0.15, -0.1) is 12.4 Å². The fourth-order valence-electron chi connectivity index (χ4n) is 3.78. The highest BCUT2D eigenvalue weighted by Gasteiger charge is 2.28. The van der Waals surface area contributed by atoms with Crippen LogP contribution in [-0.2, 0) is 9.53 Å². The molecule has 1 amide bonds. The molecule has 2 rings (SSSR count). The maximum absolute atomic E-state index is 12.5. The number of amides is 1. The van der Waals surface area contributed by atoms with E-state index >= 15 is 0 Å². The molecule has 4 nitrogen and oxygen atoms in total. The van der Waals surface area contributed by atoms with Gasteiger partial charge in [0.15, 0.2) is 0 Å². The fraction of sp³-hybridized carbons (Fsp3) is 0.941. The van der Waals surface area contributed by atoms with Crippen LogP contribution in [0.2, 0.25) is 0 Å². The molecule has 0 aromatic carbocycles. The number of hydrogen-bond acceptors (Lipinski definition) is 3. The lowest BCUT2D eigenvalue weighted by molar-refractivity contribution is -0.138. The summed E-state index contributed by atoms with van der Waals surface area (Å²) < 4.78 is 6.00. The van der Waals surface area contributed by atoms with Crippen molar-refractivity contribution in [3.8, 4) is 0 Å². The molecule has 5 heteroatoms. The Kier molecular flexibility index (Phi) is 9.37. The van der Waals surface area contributed by atoms with Gasteiger partial charge < -0.3 is 15.8 Å². The van der Waals surface area contributed by atoms with E-state index in [1.165, 1.54) is 44.9 Å². The van der Waals surface area contributed by atoms with Crippen molar-refractivity contribution >= 4 is 18.3 Å². The van der Waals surface area contributed by atoms with E-state index in [-0.39, 0.29) is 36.6 Å². The molecule has 0 aliphatic heterocycles. The summed E-state index contributed by atoms with van der Waals surface area (Å²) in [7, 11) is 0. The third kappa shape index (κ3) is 5.71. The van der Waals surface area contributed by atoms with Crippen molar-refractivity contribution < 1.29 is 9.53 Å². The van der Waals surface area contributed by atoms with Gasteiger partial charge >= 0.3 is 0 Å². The Morgan fingerprint density at radius 1 is 1.14 bits per heavy atom. The van der Waals surface area contributed by atoms with E-state index in [2.05, 4.69) is 5.32 Å². The van der Waals surface area contributed by atoms with Gasteiger partial charge in [0.1, 0.15) is 6.10 Å². The number of rotatable bonds is 7. The van der Waals surface area contributed by atoms with Crippen molar-refractivity contribution in [3.05, 3.63) is 0 Å². The van der Waals surface area contributed by atoms with Crippen LogP contribution in [0.1, 0.15) is 71.1 Å². The van der Waals surface area contributed by atoms with E-state index in [4.69, 9.17) is 10.5 Å². The molecule has 3 N–H and O–H groups in total. The van der Waals surface area contributed by atoms with E-state index in [1.54, 1.807) is 0 Å². The summed E-state index contributed by atoms with van der Waals surface area (Å²) in [6, 6.07) is 0.124. The van der Waals surface area contributed by atoms with Gasteiger partial charge in [0.05, 0.1) is 6.10 Å². The van der Waals surface area contributed by atoms with Crippen LogP contribution < -0.4 is 11.1 Å². The number of halogens is 1. The molecule has 0 bridgehead atoms. The first-order valence-corrected chi connectivity index (χ1v) is 8.90. The molecule has 0 radical (unpaired) electrons. The molecule has 0 heterocycles. The second-order valence-corrected chi connectivity index (χ2v) is 6.69. The fourth-order valence-corrected chi connectivity index (χ4v) is 3.78. The molecule has 2 unspecified atom stereocenters. The van der Waals surface area contributed by atoms with Gasteiger partial charge in [0.25, 0.3) is 0 Å². The second kappa shape index (κ2) is 10.5. The number of carbonyl (C=O) groups excluding carboxylic acids is 1. The Morgan fingerprint density at radius 2 is 1.73 bits per heavy atom. The maximum Gasteiger partial charge on any atom is 0.249 e. The maximum atomic E-state index is 12.5. The van der Waals surface area contributed by atoms with Gasteiger partial charge in [-0.2, -0.15) is 0 Å². The highest BCUT2D eigenvalue weighted by atomic mass is 35.5. The van der Waals surface area contributed by atoms with Crippen LogP contribution in [0, 0.1) is 5.92 Å². The van der Waals surface area contributed by atoms with Crippen molar-refractivity contribution in [2.75, 3.05) is 6.54 Å². The van der Waals surface area contributed by atoms with Crippen LogP contribution >= 0.6 is 12.4 Å². The molecule has 2 atom stereocenters. The SMILES string of the molecule is CCC(OC1CCCC1)C(=O)NC(CN)C1CCCCC1.Cl. The minimum absolute atomic E-state index is 0. The molecule has 0 spiro atoms. The van der Waals surface area contributed by atoms with Crippen LogP contribution in [0.5, 0.6) is 0 Å². The summed E-state index contributed by atoms with van der Waals surface area (Å²) >= 11 is 0. The van der Waals surface area contributed by atoms with Crippen LogP contribution in [0.25, 0.3) is 0 Å². The van der Waals surface area contributed by atoms with E-state index < -0.39 is 0 Å². The minimum Gasteiger partial charge on any atom is -0.365 e. The predicted octanol–water partition coefficient (Wildman–Crippen LogP) is 3.17. The van der Waals surface area contributed by atoms with Crippen LogP contribution in [0.4, 0.5) is 0 Å². The molecular formula is C17H33ClN2O2. The van der Waals surface area contributed by atoms with Gasteiger partial charge in [-0.3, -0.25) is 4.79 Å². The van der Waals surface area contributed by atoms with E-state index in [0.29, 0.717) is 12.5 Å². The average Bonchev–Trinajstić information content (AvgIpc) is 3.04. The van der Waals surface area contributed by atoms with Gasteiger partial charge in [-0.05, 0) is 38.0 Å². The lowest BCUT2D eigenvalue weighted by Gasteiger charge is -2.31. The molecule has 2 saturated carbocycles. The molecule has 22 heavy (non-hydrogen) atoms. The lowest BCUT2D eigenvalue weighted by Crippen LogP contribution is -2.50. The first-order valence-electron chi connectivity index (χ1n) is 8.90. The summed E-state index contributed by atoms with van der Waals surface area (Å²) in [5.41, 5.74) is 5.90. The first-order chi connectivity index (χ1) is 10.2. The van der Waals surface area contributed by atoms with Crippen molar-refractivity contribution in [3.63, 3.8) is 0 Å². The molecule has 2 fully saturated rings. The highest BCUT2D eigenvalue weighted by Crippen LogP contribution is 2.27. The lowest BCUT2D eigenvalue weighted by atomic mass is 9.84. The van der Waals surface area contributed by atoms with Gasteiger partial charge in [0.2, 0.25) is 5.91 Å². The van der Waals surface area contributed by atoms with Crippen molar-refractivity contribution in [1.82, 2.24) is 5.32 Å². The number of ether oxygens (including phenoxy) is 1. The Balaban J connectivity index is 0.00000242. The summed E-state index contributed by atoms with van der Waals surface area (Å²) in [6.07, 6.45) is 11.7. The Hall–Kier alpha value is -0.320. The number of nitrogens with one attached hydrogen (secondary N) is 1.